The van der Waals surface area contributed by atoms with Gasteiger partial charge in [-0.2, -0.15) is 0 Å². The molecule has 2 aliphatic heterocycles. The lowest BCUT2D eigenvalue weighted by Gasteiger charge is -2.41. The molecule has 2 heterocycles. The zero-order valence-corrected chi connectivity index (χ0v) is 23.8. The number of anilines is 1. The quantitative estimate of drug-likeness (QED) is 0.390. The fraction of sp³-hybridized carbons (Fsp3) is 0.400. The highest BCUT2D eigenvalue weighted by Gasteiger charge is 2.52. The van der Waals surface area contributed by atoms with Gasteiger partial charge in [0.1, 0.15) is 29.0 Å². The molecule has 0 bridgehead atoms. The second kappa shape index (κ2) is 11.1. The van der Waals surface area contributed by atoms with E-state index in [1.54, 1.807) is 18.1 Å². The molecule has 5 rings (SSSR count). The molecule has 1 saturated heterocycles. The number of methoxy groups -OCH3 is 1. The summed E-state index contributed by atoms with van der Waals surface area (Å²) >= 11 is 3.53. The van der Waals surface area contributed by atoms with Crippen molar-refractivity contribution in [2.24, 2.45) is 5.92 Å². The maximum Gasteiger partial charge on any atom is 0.254 e. The lowest BCUT2D eigenvalue weighted by atomic mass is 9.84. The number of carbonyl (C=O) groups is 2. The first-order valence-electron chi connectivity index (χ1n) is 13.2. The molecular formula is C30H32BrFN2O5. The Kier molecular flexibility index (Phi) is 7.82. The smallest absolute Gasteiger partial charge is 0.254 e. The van der Waals surface area contributed by atoms with Crippen LogP contribution in [0.25, 0.3) is 10.8 Å². The van der Waals surface area contributed by atoms with Crippen molar-refractivity contribution < 1.29 is 28.2 Å². The van der Waals surface area contributed by atoms with Gasteiger partial charge in [-0.1, -0.05) is 41.9 Å². The van der Waals surface area contributed by atoms with Crippen LogP contribution in [0.3, 0.4) is 0 Å². The summed E-state index contributed by atoms with van der Waals surface area (Å²) in [5.41, 5.74) is 0.147. The van der Waals surface area contributed by atoms with Crippen LogP contribution in [0, 0.1) is 11.7 Å². The van der Waals surface area contributed by atoms with Gasteiger partial charge in [0.15, 0.2) is 0 Å². The normalized spacial score (nSPS) is 19.3. The van der Waals surface area contributed by atoms with Gasteiger partial charge in [-0.15, -0.1) is 0 Å². The summed E-state index contributed by atoms with van der Waals surface area (Å²) in [6.07, 6.45) is 1.38. The lowest BCUT2D eigenvalue weighted by Crippen LogP contribution is -2.64. The molecule has 0 radical (unpaired) electrons. The first-order valence-corrected chi connectivity index (χ1v) is 14.0. The van der Waals surface area contributed by atoms with Gasteiger partial charge in [0, 0.05) is 34.9 Å². The molecule has 0 aliphatic carbocycles. The number of amides is 2. The third-order valence-corrected chi connectivity index (χ3v) is 8.33. The molecule has 1 spiro atoms. The van der Waals surface area contributed by atoms with Crippen molar-refractivity contribution >= 4 is 44.2 Å². The molecule has 206 valence electrons. The van der Waals surface area contributed by atoms with Crippen LogP contribution in [0.2, 0.25) is 0 Å². The fourth-order valence-electron chi connectivity index (χ4n) is 5.36. The summed E-state index contributed by atoms with van der Waals surface area (Å²) in [6.45, 7) is 4.61. The van der Waals surface area contributed by atoms with E-state index in [2.05, 4.69) is 21.2 Å². The minimum absolute atomic E-state index is 0.130. The lowest BCUT2D eigenvalue weighted by molar-refractivity contribution is -0.138. The number of fused-ring (bicyclic) bond motifs is 2. The molecule has 0 unspecified atom stereocenters. The van der Waals surface area contributed by atoms with E-state index in [1.807, 2.05) is 44.2 Å². The van der Waals surface area contributed by atoms with Crippen LogP contribution in [0.5, 0.6) is 11.5 Å². The van der Waals surface area contributed by atoms with Crippen LogP contribution in [-0.2, 0) is 20.9 Å². The van der Waals surface area contributed by atoms with Crippen LogP contribution in [0.15, 0.2) is 53.0 Å². The number of nitrogens with one attached hydrogen (secondary N) is 1. The Balaban J connectivity index is 1.67. The maximum atomic E-state index is 14.6. The Morgan fingerprint density at radius 2 is 1.97 bits per heavy atom. The molecule has 1 N–H and O–H groups in total. The summed E-state index contributed by atoms with van der Waals surface area (Å²) in [5, 5.41) is 4.91. The van der Waals surface area contributed by atoms with Gasteiger partial charge in [-0.05, 0) is 47.5 Å². The van der Waals surface area contributed by atoms with Crippen molar-refractivity contribution in [3.05, 3.63) is 64.4 Å². The van der Waals surface area contributed by atoms with E-state index >= 15 is 0 Å². The predicted molar refractivity (Wildman–Crippen MR) is 151 cm³/mol. The van der Waals surface area contributed by atoms with E-state index in [1.165, 1.54) is 12.1 Å². The number of nitrogens with zero attached hydrogens (tertiary/aromatic N) is 1. The molecule has 2 amide bonds. The molecule has 0 aromatic heterocycles. The third kappa shape index (κ3) is 5.22. The Labute approximate surface area is 235 Å². The first kappa shape index (κ1) is 27.4. The zero-order chi connectivity index (χ0) is 27.7. The minimum atomic E-state index is -1.08. The highest BCUT2D eigenvalue weighted by atomic mass is 79.9. The Bertz CT molecular complexity index is 1410. The monoisotopic (exact) mass is 598 g/mol. The standard InChI is InChI=1S/C30H32BrFN2O5/c1-4-18(2)28(35)33-27-29(36)34(17-23-22-8-6-20(31)15-19(22)5-10-25(23)37-3)24-9-7-21(32)16-26(24)39-30(27)11-13-38-14-12-30/h5-10,15-16,18,27H,4,11-14,17H2,1-3H3,(H,33,35)/t18-,27-/m1/s1. The second-order valence-electron chi connectivity index (χ2n) is 10.2. The van der Waals surface area contributed by atoms with Crippen LogP contribution in [0.4, 0.5) is 10.1 Å². The third-order valence-electron chi connectivity index (χ3n) is 7.84. The van der Waals surface area contributed by atoms with Crippen molar-refractivity contribution in [2.75, 3.05) is 25.2 Å². The fourth-order valence-corrected chi connectivity index (χ4v) is 5.74. The van der Waals surface area contributed by atoms with Crippen LogP contribution in [0.1, 0.15) is 38.7 Å². The Morgan fingerprint density at radius 3 is 2.69 bits per heavy atom. The largest absolute Gasteiger partial charge is 0.496 e. The first-order chi connectivity index (χ1) is 18.8. The average Bonchev–Trinajstić information content (AvgIpc) is 3.01. The van der Waals surface area contributed by atoms with E-state index < -0.39 is 17.5 Å². The Morgan fingerprint density at radius 1 is 1.21 bits per heavy atom. The average molecular weight is 599 g/mol. The van der Waals surface area contributed by atoms with Crippen LogP contribution < -0.4 is 19.7 Å². The zero-order valence-electron chi connectivity index (χ0n) is 22.3. The van der Waals surface area contributed by atoms with E-state index in [0.29, 0.717) is 43.9 Å². The van der Waals surface area contributed by atoms with Gasteiger partial charge in [-0.3, -0.25) is 9.59 Å². The topological polar surface area (TPSA) is 77.1 Å². The number of halogens is 2. The van der Waals surface area contributed by atoms with Gasteiger partial charge in [0.05, 0.1) is 32.6 Å². The number of ether oxygens (including phenoxy) is 3. The number of carbonyl (C=O) groups excluding carboxylic acids is 2. The number of hydrogen-bond donors (Lipinski definition) is 1. The molecule has 2 aliphatic rings. The second-order valence-corrected chi connectivity index (χ2v) is 11.1. The van der Waals surface area contributed by atoms with E-state index in [9.17, 15) is 14.0 Å². The predicted octanol–water partition coefficient (Wildman–Crippen LogP) is 5.76. The van der Waals surface area contributed by atoms with Crippen molar-refractivity contribution in [1.29, 1.82) is 0 Å². The van der Waals surface area contributed by atoms with Gasteiger partial charge in [0.2, 0.25) is 5.91 Å². The molecule has 7 nitrogen and oxygen atoms in total. The van der Waals surface area contributed by atoms with Crippen LogP contribution >= 0.6 is 15.9 Å². The van der Waals surface area contributed by atoms with Gasteiger partial charge < -0.3 is 24.4 Å². The van der Waals surface area contributed by atoms with Gasteiger partial charge in [0.25, 0.3) is 5.91 Å². The van der Waals surface area contributed by atoms with Crippen molar-refractivity contribution in [2.45, 2.75) is 51.3 Å². The molecule has 1 fully saturated rings. The van der Waals surface area contributed by atoms with Crippen molar-refractivity contribution in [3.63, 3.8) is 0 Å². The molecule has 39 heavy (non-hydrogen) atoms. The van der Waals surface area contributed by atoms with E-state index in [4.69, 9.17) is 14.2 Å². The SMILES string of the molecule is CC[C@@H](C)C(=O)N[C@@H]1C(=O)N(Cc2c(OC)ccc3cc(Br)ccc23)c2ccc(F)cc2OC12CCOCC2. The molecule has 9 heteroatoms. The minimum Gasteiger partial charge on any atom is -0.496 e. The van der Waals surface area contributed by atoms with Crippen molar-refractivity contribution in [1.82, 2.24) is 5.32 Å². The van der Waals surface area contributed by atoms with E-state index in [-0.39, 0.29) is 30.0 Å². The highest BCUT2D eigenvalue weighted by molar-refractivity contribution is 9.10. The molecular weight excluding hydrogens is 567 g/mol. The maximum absolute atomic E-state index is 14.6. The molecule has 0 saturated carbocycles. The molecule has 2 atom stereocenters. The Hall–Kier alpha value is -3.17. The van der Waals surface area contributed by atoms with E-state index in [0.717, 1.165) is 20.8 Å². The van der Waals surface area contributed by atoms with Crippen LogP contribution in [-0.4, -0.2) is 43.8 Å². The molecule has 3 aromatic rings. The molecule has 3 aromatic carbocycles. The highest BCUT2D eigenvalue weighted by Crippen LogP contribution is 2.43. The summed E-state index contributed by atoms with van der Waals surface area (Å²) in [5.74, 6) is -0.439. The van der Waals surface area contributed by atoms with Crippen molar-refractivity contribution in [3.8, 4) is 11.5 Å². The summed E-state index contributed by atoms with van der Waals surface area (Å²) in [4.78, 5) is 29.3. The summed E-state index contributed by atoms with van der Waals surface area (Å²) in [6, 6.07) is 12.9. The summed E-state index contributed by atoms with van der Waals surface area (Å²) < 4.78 is 33.4. The number of rotatable bonds is 6. The number of benzene rings is 3. The van der Waals surface area contributed by atoms with Gasteiger partial charge in [-0.25, -0.2) is 4.39 Å². The van der Waals surface area contributed by atoms with Gasteiger partial charge >= 0.3 is 0 Å². The summed E-state index contributed by atoms with van der Waals surface area (Å²) in [7, 11) is 1.59. The number of hydrogen-bond acceptors (Lipinski definition) is 5.